The van der Waals surface area contributed by atoms with E-state index in [1.54, 1.807) is 13.8 Å². The normalized spacial score (nSPS) is 36.2. The minimum Gasteiger partial charge on any atom is -0.756 e. The fourth-order valence-electron chi connectivity index (χ4n) is 3.24. The molecule has 2 heterocycles. The molecule has 2 fully saturated rings. The molecule has 2 saturated heterocycles. The van der Waals surface area contributed by atoms with E-state index in [0.29, 0.717) is 6.42 Å². The molecular formula is C16H27B2N3O8P-. The fourth-order valence-corrected chi connectivity index (χ4v) is 4.19. The van der Waals surface area contributed by atoms with Crippen molar-refractivity contribution in [1.82, 2.24) is 0 Å². The van der Waals surface area contributed by atoms with E-state index >= 15 is 0 Å². The van der Waals surface area contributed by atoms with E-state index in [-0.39, 0.29) is 25.4 Å². The van der Waals surface area contributed by atoms with Gasteiger partial charge in [-0.05, 0) is 39.6 Å². The first-order chi connectivity index (χ1) is 14.0. The summed E-state index contributed by atoms with van der Waals surface area (Å²) in [6.07, 6.45) is -2.97. The molecule has 2 aliphatic rings. The lowest BCUT2D eigenvalue weighted by Gasteiger charge is -2.31. The number of phosphoric acid groups is 1. The molecule has 0 aliphatic carbocycles. The SMILES string of the molecule is [B][C@@H]1O[C@H](COC(C)C)C(OP(=O)([O-])OC[C@H]2O[C@@H]([B])CC2OC(C)C)C1N=[N+]=[N-]. The quantitative estimate of drug-likeness (QED) is 0.151. The zero-order valence-corrected chi connectivity index (χ0v) is 18.4. The summed E-state index contributed by atoms with van der Waals surface area (Å²) in [5.41, 5.74) is 8.78. The molecule has 0 saturated carbocycles. The second kappa shape index (κ2) is 11.3. The van der Waals surface area contributed by atoms with Gasteiger partial charge in [0, 0.05) is 16.9 Å². The Morgan fingerprint density at radius 2 is 1.90 bits per heavy atom. The van der Waals surface area contributed by atoms with E-state index in [4.69, 9.17) is 49.2 Å². The summed E-state index contributed by atoms with van der Waals surface area (Å²) in [7, 11) is 6.75. The zero-order chi connectivity index (χ0) is 22.5. The summed E-state index contributed by atoms with van der Waals surface area (Å²) in [6, 6.07) is -2.70. The lowest BCUT2D eigenvalue weighted by molar-refractivity contribution is -0.234. The maximum Gasteiger partial charge on any atom is 0.268 e. The van der Waals surface area contributed by atoms with Crippen molar-refractivity contribution in [3.05, 3.63) is 10.4 Å². The number of ether oxygens (including phenoxy) is 4. The minimum absolute atomic E-state index is 0.00161. The average Bonchev–Trinajstić information content (AvgIpc) is 3.11. The summed E-state index contributed by atoms with van der Waals surface area (Å²) in [4.78, 5) is 15.2. The number of hydrogen-bond donors (Lipinski definition) is 0. The lowest BCUT2D eigenvalue weighted by atomic mass is 9.91. The molecule has 166 valence electrons. The smallest absolute Gasteiger partial charge is 0.268 e. The van der Waals surface area contributed by atoms with Crippen LogP contribution in [-0.2, 0) is 32.6 Å². The summed E-state index contributed by atoms with van der Waals surface area (Å²) in [6.45, 7) is 6.96. The first-order valence-electron chi connectivity index (χ1n) is 9.79. The molecule has 4 unspecified atom stereocenters. The highest BCUT2D eigenvalue weighted by Crippen LogP contribution is 2.44. The van der Waals surface area contributed by atoms with Crippen LogP contribution in [-0.4, -0.2) is 83.6 Å². The molecule has 2 rings (SSSR count). The van der Waals surface area contributed by atoms with Crippen molar-refractivity contribution in [1.29, 1.82) is 0 Å². The van der Waals surface area contributed by atoms with Gasteiger partial charge in [0.15, 0.2) is 0 Å². The Balaban J connectivity index is 2.02. The van der Waals surface area contributed by atoms with Gasteiger partial charge in [0.05, 0.1) is 37.6 Å². The van der Waals surface area contributed by atoms with E-state index in [1.165, 1.54) is 0 Å². The zero-order valence-electron chi connectivity index (χ0n) is 17.5. The molecule has 0 spiro atoms. The van der Waals surface area contributed by atoms with Gasteiger partial charge in [0.2, 0.25) is 0 Å². The van der Waals surface area contributed by atoms with Crippen molar-refractivity contribution < 1.29 is 37.5 Å². The maximum atomic E-state index is 12.5. The summed E-state index contributed by atoms with van der Waals surface area (Å²) in [5, 5.41) is 3.51. The standard InChI is InChI=1S/C16H28B2N3O8P/c1-8(2)24-6-12-15(14(20-21-19)16(18)28-12)29-30(22,23)25-7-11-10(26-9(3)4)5-13(17)27-11/h8-16H,5-7H2,1-4H3,(H,22,23)/p-1/t10?,11-,12-,13-,14?,15?,16-/m1/s1. The summed E-state index contributed by atoms with van der Waals surface area (Å²) < 4.78 is 44.8. The monoisotopic (exact) mass is 442 g/mol. The topological polar surface area (TPSA) is 144 Å². The maximum absolute atomic E-state index is 12.5. The number of nitrogens with zero attached hydrogens (tertiary/aromatic N) is 3. The summed E-state index contributed by atoms with van der Waals surface area (Å²) >= 11 is 0. The molecule has 14 heteroatoms. The highest BCUT2D eigenvalue weighted by molar-refractivity contribution is 7.45. The first kappa shape index (κ1) is 25.6. The third-order valence-electron chi connectivity index (χ3n) is 4.47. The van der Waals surface area contributed by atoms with Crippen molar-refractivity contribution in [2.75, 3.05) is 13.2 Å². The van der Waals surface area contributed by atoms with Crippen LogP contribution in [0.2, 0.25) is 0 Å². The van der Waals surface area contributed by atoms with Gasteiger partial charge >= 0.3 is 0 Å². The molecule has 0 aromatic carbocycles. The van der Waals surface area contributed by atoms with E-state index in [0.717, 1.165) is 0 Å². The Morgan fingerprint density at radius 1 is 1.20 bits per heavy atom. The van der Waals surface area contributed by atoms with Crippen molar-refractivity contribution >= 4 is 23.5 Å². The van der Waals surface area contributed by atoms with Crippen LogP contribution in [0.15, 0.2) is 5.11 Å². The number of azide groups is 1. The van der Waals surface area contributed by atoms with Crippen molar-refractivity contribution in [3.8, 4) is 0 Å². The summed E-state index contributed by atoms with van der Waals surface area (Å²) in [5.74, 6) is 0. The van der Waals surface area contributed by atoms with Gasteiger partial charge in [-0.15, -0.1) is 0 Å². The van der Waals surface area contributed by atoms with E-state index in [1.807, 2.05) is 13.8 Å². The molecule has 0 aromatic rings. The van der Waals surface area contributed by atoms with Gasteiger partial charge in [-0.2, -0.15) is 0 Å². The molecule has 0 amide bonds. The van der Waals surface area contributed by atoms with Crippen LogP contribution >= 0.6 is 7.82 Å². The Bertz CT molecular complexity index is 654. The molecule has 0 bridgehead atoms. The number of phosphoric ester groups is 1. The van der Waals surface area contributed by atoms with Crippen LogP contribution in [0.5, 0.6) is 0 Å². The predicted octanol–water partition coefficient (Wildman–Crippen LogP) is 0.931. The van der Waals surface area contributed by atoms with Crippen LogP contribution < -0.4 is 4.89 Å². The molecule has 8 atom stereocenters. The lowest BCUT2D eigenvalue weighted by Crippen LogP contribution is -2.38. The van der Waals surface area contributed by atoms with Crippen molar-refractivity contribution in [2.24, 2.45) is 5.11 Å². The number of rotatable bonds is 11. The van der Waals surface area contributed by atoms with Crippen LogP contribution in [0.4, 0.5) is 0 Å². The van der Waals surface area contributed by atoms with Gasteiger partial charge in [0.25, 0.3) is 7.82 Å². The second-order valence-electron chi connectivity index (χ2n) is 7.70. The predicted molar refractivity (Wildman–Crippen MR) is 106 cm³/mol. The number of hydrogen-bond acceptors (Lipinski definition) is 9. The highest BCUT2D eigenvalue weighted by atomic mass is 31.2. The molecule has 11 nitrogen and oxygen atoms in total. The Morgan fingerprint density at radius 3 is 2.50 bits per heavy atom. The third kappa shape index (κ3) is 7.51. The molecule has 4 radical (unpaired) electrons. The van der Waals surface area contributed by atoms with Crippen molar-refractivity contribution in [3.63, 3.8) is 0 Å². The average molecular weight is 442 g/mol. The molecule has 2 aliphatic heterocycles. The highest BCUT2D eigenvalue weighted by Gasteiger charge is 2.45. The van der Waals surface area contributed by atoms with Crippen LogP contribution in [0.1, 0.15) is 34.1 Å². The van der Waals surface area contributed by atoms with E-state index in [9.17, 15) is 9.46 Å². The Kier molecular flexibility index (Phi) is 9.67. The minimum atomic E-state index is -4.85. The second-order valence-corrected chi connectivity index (χ2v) is 9.07. The van der Waals surface area contributed by atoms with Gasteiger partial charge in [0.1, 0.15) is 34.0 Å². The van der Waals surface area contributed by atoms with Crippen LogP contribution in [0.3, 0.4) is 0 Å². The fraction of sp³-hybridized carbons (Fsp3) is 1.00. The van der Waals surface area contributed by atoms with Gasteiger partial charge in [-0.3, -0.25) is 4.57 Å². The molecule has 0 N–H and O–H groups in total. The molecule has 30 heavy (non-hydrogen) atoms. The van der Waals surface area contributed by atoms with Gasteiger partial charge in [-0.25, -0.2) is 0 Å². The Labute approximate surface area is 179 Å². The molecule has 0 aromatic heterocycles. The van der Waals surface area contributed by atoms with Crippen LogP contribution in [0, 0.1) is 0 Å². The van der Waals surface area contributed by atoms with E-state index in [2.05, 4.69) is 10.0 Å². The molecular weight excluding hydrogens is 415 g/mol. The van der Waals surface area contributed by atoms with Crippen molar-refractivity contribution in [2.45, 2.75) is 88.8 Å². The third-order valence-corrected chi connectivity index (χ3v) is 5.44. The Hall–Kier alpha value is -0.610. The largest absolute Gasteiger partial charge is 0.756 e. The van der Waals surface area contributed by atoms with Gasteiger partial charge < -0.3 is 32.9 Å². The van der Waals surface area contributed by atoms with Gasteiger partial charge in [-0.1, -0.05) is 5.11 Å². The first-order valence-corrected chi connectivity index (χ1v) is 11.3. The van der Waals surface area contributed by atoms with Crippen LogP contribution in [0.25, 0.3) is 10.4 Å². The van der Waals surface area contributed by atoms with E-state index < -0.39 is 50.3 Å².